The van der Waals surface area contributed by atoms with E-state index in [4.69, 9.17) is 4.74 Å². The third-order valence-corrected chi connectivity index (χ3v) is 6.70. The van der Waals surface area contributed by atoms with Gasteiger partial charge in [-0.2, -0.15) is 0 Å². The summed E-state index contributed by atoms with van der Waals surface area (Å²) in [6.07, 6.45) is 6.74. The normalized spacial score (nSPS) is 15.9. The highest BCUT2D eigenvalue weighted by molar-refractivity contribution is 5.67. The first-order valence-electron chi connectivity index (χ1n) is 11.6. The molecule has 4 heteroatoms. The van der Waals surface area contributed by atoms with Crippen LogP contribution in [0.3, 0.4) is 0 Å². The highest BCUT2D eigenvalue weighted by atomic mass is 19.2. The SMILES string of the molecule is CCc1ccc(-c2ccc(CCC3CC=C(c4ccc(OC)cc4F)CC3)c(F)c2F)cc1. The van der Waals surface area contributed by atoms with E-state index in [9.17, 15) is 13.2 Å². The molecule has 3 aromatic rings. The summed E-state index contributed by atoms with van der Waals surface area (Å²) in [5.74, 6) is -0.930. The molecule has 33 heavy (non-hydrogen) atoms. The van der Waals surface area contributed by atoms with E-state index in [1.54, 1.807) is 24.3 Å². The minimum Gasteiger partial charge on any atom is -0.497 e. The van der Waals surface area contributed by atoms with Crippen LogP contribution in [0.4, 0.5) is 13.2 Å². The van der Waals surface area contributed by atoms with Crippen molar-refractivity contribution in [1.29, 1.82) is 0 Å². The van der Waals surface area contributed by atoms with Crippen molar-refractivity contribution in [3.63, 3.8) is 0 Å². The van der Waals surface area contributed by atoms with E-state index >= 15 is 0 Å². The van der Waals surface area contributed by atoms with Gasteiger partial charge in [-0.05, 0) is 78.8 Å². The fourth-order valence-electron chi connectivity index (χ4n) is 4.56. The topological polar surface area (TPSA) is 9.23 Å². The van der Waals surface area contributed by atoms with Gasteiger partial charge in [-0.1, -0.05) is 49.4 Å². The fourth-order valence-corrected chi connectivity index (χ4v) is 4.56. The quantitative estimate of drug-likeness (QED) is 0.353. The zero-order chi connectivity index (χ0) is 23.4. The number of methoxy groups -OCH3 is 1. The Kier molecular flexibility index (Phi) is 7.22. The fraction of sp³-hybridized carbons (Fsp3) is 0.310. The molecular formula is C29H29F3O. The summed E-state index contributed by atoms with van der Waals surface area (Å²) in [6.45, 7) is 2.06. The first kappa shape index (κ1) is 23.2. The molecule has 1 unspecified atom stereocenters. The van der Waals surface area contributed by atoms with Crippen LogP contribution >= 0.6 is 0 Å². The van der Waals surface area contributed by atoms with Crippen molar-refractivity contribution in [2.45, 2.75) is 45.4 Å². The van der Waals surface area contributed by atoms with Crippen molar-refractivity contribution >= 4 is 5.57 Å². The average molecular weight is 451 g/mol. The Labute approximate surface area is 193 Å². The molecule has 0 amide bonds. The molecule has 0 fully saturated rings. The number of aryl methyl sites for hydroxylation is 2. The van der Waals surface area contributed by atoms with Crippen LogP contribution in [0, 0.1) is 23.4 Å². The lowest BCUT2D eigenvalue weighted by molar-refractivity contribution is 0.411. The second-order valence-electron chi connectivity index (χ2n) is 8.70. The summed E-state index contributed by atoms with van der Waals surface area (Å²) in [7, 11) is 1.52. The molecule has 3 aromatic carbocycles. The number of rotatable bonds is 7. The Hall–Kier alpha value is -3.01. The van der Waals surface area contributed by atoms with Crippen molar-refractivity contribution in [2.24, 2.45) is 5.92 Å². The molecule has 0 heterocycles. The van der Waals surface area contributed by atoms with Crippen LogP contribution in [-0.4, -0.2) is 7.11 Å². The Balaban J connectivity index is 1.40. The van der Waals surface area contributed by atoms with Crippen molar-refractivity contribution in [3.05, 3.63) is 94.8 Å². The predicted molar refractivity (Wildman–Crippen MR) is 128 cm³/mol. The van der Waals surface area contributed by atoms with Gasteiger partial charge in [0, 0.05) is 17.2 Å². The summed E-state index contributed by atoms with van der Waals surface area (Å²) in [5, 5.41) is 0. The van der Waals surface area contributed by atoms with E-state index < -0.39 is 11.6 Å². The Morgan fingerprint density at radius 2 is 1.67 bits per heavy atom. The monoisotopic (exact) mass is 450 g/mol. The van der Waals surface area contributed by atoms with E-state index in [2.05, 4.69) is 13.0 Å². The number of hydrogen-bond donors (Lipinski definition) is 0. The van der Waals surface area contributed by atoms with Crippen LogP contribution in [0.1, 0.15) is 49.3 Å². The molecule has 1 aliphatic rings. The zero-order valence-electron chi connectivity index (χ0n) is 19.1. The molecular weight excluding hydrogens is 421 g/mol. The second kappa shape index (κ2) is 10.3. The van der Waals surface area contributed by atoms with Crippen molar-refractivity contribution < 1.29 is 17.9 Å². The van der Waals surface area contributed by atoms with E-state index in [0.717, 1.165) is 43.2 Å². The summed E-state index contributed by atoms with van der Waals surface area (Å²) in [5.41, 5.74) is 4.18. The van der Waals surface area contributed by atoms with Gasteiger partial charge < -0.3 is 4.74 Å². The van der Waals surface area contributed by atoms with Crippen LogP contribution in [0.5, 0.6) is 5.75 Å². The maximum absolute atomic E-state index is 14.8. The van der Waals surface area contributed by atoms with E-state index in [1.807, 2.05) is 24.3 Å². The summed E-state index contributed by atoms with van der Waals surface area (Å²) >= 11 is 0. The summed E-state index contributed by atoms with van der Waals surface area (Å²) in [6, 6.07) is 15.9. The molecule has 0 radical (unpaired) electrons. The number of hydrogen-bond acceptors (Lipinski definition) is 1. The number of ether oxygens (including phenoxy) is 1. The van der Waals surface area contributed by atoms with Gasteiger partial charge in [-0.25, -0.2) is 13.2 Å². The lowest BCUT2D eigenvalue weighted by Crippen LogP contribution is -2.08. The van der Waals surface area contributed by atoms with Crippen LogP contribution in [0.2, 0.25) is 0 Å². The van der Waals surface area contributed by atoms with Gasteiger partial charge in [-0.15, -0.1) is 0 Å². The van der Waals surface area contributed by atoms with Gasteiger partial charge >= 0.3 is 0 Å². The third kappa shape index (κ3) is 5.16. The van der Waals surface area contributed by atoms with Gasteiger partial charge in [0.05, 0.1) is 7.11 Å². The first-order valence-corrected chi connectivity index (χ1v) is 11.6. The summed E-state index contributed by atoms with van der Waals surface area (Å²) in [4.78, 5) is 0. The van der Waals surface area contributed by atoms with Crippen molar-refractivity contribution in [2.75, 3.05) is 7.11 Å². The maximum Gasteiger partial charge on any atom is 0.166 e. The molecule has 172 valence electrons. The van der Waals surface area contributed by atoms with Crippen molar-refractivity contribution in [1.82, 2.24) is 0 Å². The second-order valence-corrected chi connectivity index (χ2v) is 8.70. The van der Waals surface area contributed by atoms with Gasteiger partial charge in [0.2, 0.25) is 0 Å². The van der Waals surface area contributed by atoms with Crippen LogP contribution in [0.15, 0.2) is 60.7 Å². The molecule has 0 saturated carbocycles. The predicted octanol–water partition coefficient (Wildman–Crippen LogP) is 8.16. The molecule has 0 aliphatic heterocycles. The largest absolute Gasteiger partial charge is 0.497 e. The highest BCUT2D eigenvalue weighted by Gasteiger charge is 2.20. The molecule has 0 bridgehead atoms. The third-order valence-electron chi connectivity index (χ3n) is 6.70. The van der Waals surface area contributed by atoms with E-state index in [-0.39, 0.29) is 5.82 Å². The Morgan fingerprint density at radius 1 is 0.909 bits per heavy atom. The molecule has 0 saturated heterocycles. The average Bonchev–Trinajstić information content (AvgIpc) is 2.85. The molecule has 1 aliphatic carbocycles. The molecule has 0 spiro atoms. The lowest BCUT2D eigenvalue weighted by atomic mass is 9.83. The van der Waals surface area contributed by atoms with Crippen LogP contribution < -0.4 is 4.74 Å². The van der Waals surface area contributed by atoms with Gasteiger partial charge in [0.1, 0.15) is 11.6 Å². The molecule has 1 nitrogen and oxygen atoms in total. The lowest BCUT2D eigenvalue weighted by Gasteiger charge is -2.22. The minimum atomic E-state index is -0.780. The Morgan fingerprint density at radius 3 is 2.30 bits per heavy atom. The number of allylic oxidation sites excluding steroid dienone is 2. The number of halogens is 3. The molecule has 4 rings (SSSR count). The van der Waals surface area contributed by atoms with Gasteiger partial charge in [0.15, 0.2) is 11.6 Å². The first-order chi connectivity index (χ1) is 16.0. The van der Waals surface area contributed by atoms with Crippen LogP contribution in [0.25, 0.3) is 16.7 Å². The Bertz CT molecular complexity index is 1150. The maximum atomic E-state index is 14.8. The summed E-state index contributed by atoms with van der Waals surface area (Å²) < 4.78 is 49.0. The highest BCUT2D eigenvalue weighted by Crippen LogP contribution is 2.35. The molecule has 1 atom stereocenters. The number of benzene rings is 3. The van der Waals surface area contributed by atoms with Gasteiger partial charge in [0.25, 0.3) is 0 Å². The van der Waals surface area contributed by atoms with E-state index in [0.29, 0.717) is 40.3 Å². The van der Waals surface area contributed by atoms with E-state index in [1.165, 1.54) is 13.2 Å². The van der Waals surface area contributed by atoms with Crippen molar-refractivity contribution in [3.8, 4) is 16.9 Å². The minimum absolute atomic E-state index is 0.277. The van der Waals surface area contributed by atoms with Gasteiger partial charge in [-0.3, -0.25) is 0 Å². The smallest absolute Gasteiger partial charge is 0.166 e. The molecule has 0 aromatic heterocycles. The zero-order valence-corrected chi connectivity index (χ0v) is 19.1. The van der Waals surface area contributed by atoms with Crippen LogP contribution in [-0.2, 0) is 12.8 Å². The molecule has 0 N–H and O–H groups in total. The standard InChI is InChI=1S/C29H29F3O/c1-3-19-4-9-22(10-5-19)26-16-14-23(28(31)29(26)32)13-8-20-6-11-21(12-7-20)25-17-15-24(33-2)18-27(25)30/h4-5,9-11,14-18,20H,3,6-8,12-13H2,1-2H3.